The predicted molar refractivity (Wildman–Crippen MR) is 149 cm³/mol. The molecule has 0 saturated carbocycles. The molecule has 11 heteroatoms. The Hall–Kier alpha value is -4.64. The van der Waals surface area contributed by atoms with Crippen molar-refractivity contribution >= 4 is 51.4 Å². The van der Waals surface area contributed by atoms with Gasteiger partial charge in [0.1, 0.15) is 11.0 Å². The molecule has 0 saturated heterocycles. The number of fused-ring (bicyclic) bond motifs is 2. The predicted octanol–water partition coefficient (Wildman–Crippen LogP) is 5.87. The molecule has 0 unspecified atom stereocenters. The van der Waals surface area contributed by atoms with Crippen molar-refractivity contribution in [2.24, 2.45) is 0 Å². The Morgan fingerprint density at radius 1 is 0.949 bits per heavy atom. The molecule has 0 fully saturated rings. The van der Waals surface area contributed by atoms with E-state index in [9.17, 15) is 9.59 Å². The Morgan fingerprint density at radius 3 is 2.49 bits per heavy atom. The van der Waals surface area contributed by atoms with Crippen molar-refractivity contribution in [3.63, 3.8) is 0 Å². The lowest BCUT2D eigenvalue weighted by molar-refractivity contribution is -0.114. The molecule has 5 rings (SSSR count). The van der Waals surface area contributed by atoms with Crippen LogP contribution in [0.1, 0.15) is 19.4 Å². The lowest BCUT2D eigenvalue weighted by Crippen LogP contribution is -2.14. The van der Waals surface area contributed by atoms with E-state index in [2.05, 4.69) is 14.1 Å². The van der Waals surface area contributed by atoms with Gasteiger partial charge in [0, 0.05) is 18.0 Å². The molecule has 5 aromatic rings. The number of methoxy groups -OCH3 is 2. The number of hydrogen-bond acceptors (Lipinski definition) is 9. The molecule has 0 radical (unpaired) electrons. The van der Waals surface area contributed by atoms with Gasteiger partial charge in [-0.1, -0.05) is 12.1 Å². The summed E-state index contributed by atoms with van der Waals surface area (Å²) in [6.45, 7) is 3.68. The number of anilines is 1. The Labute approximate surface area is 228 Å². The highest BCUT2D eigenvalue weighted by Gasteiger charge is 2.25. The number of nitrogens with one attached hydrogen (secondary N) is 1. The third-order valence-electron chi connectivity index (χ3n) is 6.11. The van der Waals surface area contributed by atoms with E-state index < -0.39 is 6.16 Å². The van der Waals surface area contributed by atoms with Crippen molar-refractivity contribution < 1.29 is 28.5 Å². The SMILES string of the molecule is CCOC(=O)Oc1c(-c2ccc(OC)c(OC)c2)c2cc(NC(C)=O)ccc2n1Cc1ccc2nsnc2c1. The summed E-state index contributed by atoms with van der Waals surface area (Å²) in [4.78, 5) is 24.5. The summed E-state index contributed by atoms with van der Waals surface area (Å²) < 4.78 is 32.5. The Bertz CT molecular complexity index is 1690. The fourth-order valence-corrected chi connectivity index (χ4v) is 5.00. The molecular formula is C28H26N4O6S. The van der Waals surface area contributed by atoms with Gasteiger partial charge in [-0.25, -0.2) is 4.79 Å². The topological polar surface area (TPSA) is 114 Å². The van der Waals surface area contributed by atoms with Gasteiger partial charge in [-0.05, 0) is 60.5 Å². The van der Waals surface area contributed by atoms with E-state index >= 15 is 0 Å². The van der Waals surface area contributed by atoms with Crippen LogP contribution in [-0.4, -0.2) is 46.2 Å². The van der Waals surface area contributed by atoms with Gasteiger partial charge < -0.3 is 28.8 Å². The van der Waals surface area contributed by atoms with Crippen LogP contribution in [0.3, 0.4) is 0 Å². The molecule has 39 heavy (non-hydrogen) atoms. The summed E-state index contributed by atoms with van der Waals surface area (Å²) in [6, 6.07) is 16.8. The zero-order chi connectivity index (χ0) is 27.5. The van der Waals surface area contributed by atoms with Crippen LogP contribution in [-0.2, 0) is 16.1 Å². The third kappa shape index (κ3) is 5.21. The molecule has 0 aliphatic carbocycles. The number of nitrogens with zero attached hydrogens (tertiary/aromatic N) is 3. The monoisotopic (exact) mass is 546 g/mol. The van der Waals surface area contributed by atoms with Gasteiger partial charge in [0.2, 0.25) is 11.8 Å². The maximum atomic E-state index is 12.7. The number of benzene rings is 3. The second-order valence-corrected chi connectivity index (χ2v) is 9.15. The minimum atomic E-state index is -0.829. The van der Waals surface area contributed by atoms with Crippen LogP contribution >= 0.6 is 11.7 Å². The standard InChI is InChI=1S/C28H26N4O6S/c1-5-37-28(34)38-27-26(18-7-11-24(35-3)25(13-18)36-4)20-14-19(29-16(2)33)8-10-23(20)32(27)15-17-6-9-21-22(12-17)31-39-30-21/h6-14H,5,15H2,1-4H3,(H,29,33). The molecule has 0 bridgehead atoms. The van der Waals surface area contributed by atoms with Gasteiger partial charge in [0.05, 0.1) is 50.2 Å². The highest BCUT2D eigenvalue weighted by molar-refractivity contribution is 7.00. The first-order valence-electron chi connectivity index (χ1n) is 12.1. The third-order valence-corrected chi connectivity index (χ3v) is 6.67. The molecule has 1 N–H and O–H groups in total. The average molecular weight is 547 g/mol. The van der Waals surface area contributed by atoms with Crippen molar-refractivity contribution in [1.29, 1.82) is 0 Å². The summed E-state index contributed by atoms with van der Waals surface area (Å²) >= 11 is 1.15. The van der Waals surface area contributed by atoms with E-state index in [0.29, 0.717) is 29.3 Å². The summed E-state index contributed by atoms with van der Waals surface area (Å²) in [7, 11) is 3.12. The second kappa shape index (κ2) is 11.0. The fraction of sp³-hybridized carbons (Fsp3) is 0.214. The molecule has 10 nitrogen and oxygen atoms in total. The van der Waals surface area contributed by atoms with Crippen molar-refractivity contribution in [3.05, 3.63) is 60.2 Å². The van der Waals surface area contributed by atoms with Crippen LogP contribution in [0.2, 0.25) is 0 Å². The lowest BCUT2D eigenvalue weighted by Gasteiger charge is -2.13. The number of aromatic nitrogens is 3. The number of hydrogen-bond donors (Lipinski definition) is 1. The minimum absolute atomic E-state index is 0.158. The van der Waals surface area contributed by atoms with E-state index in [-0.39, 0.29) is 18.4 Å². The van der Waals surface area contributed by atoms with Crippen molar-refractivity contribution in [2.45, 2.75) is 20.4 Å². The van der Waals surface area contributed by atoms with Gasteiger partial charge in [-0.15, -0.1) is 0 Å². The first-order chi connectivity index (χ1) is 18.9. The molecule has 0 spiro atoms. The molecule has 0 aliphatic rings. The van der Waals surface area contributed by atoms with Crippen LogP contribution in [0.15, 0.2) is 54.6 Å². The van der Waals surface area contributed by atoms with Gasteiger partial charge in [-0.3, -0.25) is 4.79 Å². The zero-order valence-corrected chi connectivity index (χ0v) is 22.6. The zero-order valence-electron chi connectivity index (χ0n) is 21.8. The Morgan fingerprint density at radius 2 is 1.74 bits per heavy atom. The van der Waals surface area contributed by atoms with E-state index in [1.807, 2.05) is 47.0 Å². The van der Waals surface area contributed by atoms with Crippen molar-refractivity contribution in [1.82, 2.24) is 13.3 Å². The van der Waals surface area contributed by atoms with Crippen molar-refractivity contribution in [2.75, 3.05) is 26.1 Å². The number of ether oxygens (including phenoxy) is 4. The quantitative estimate of drug-likeness (QED) is 0.240. The molecule has 3 aromatic carbocycles. The highest BCUT2D eigenvalue weighted by Crippen LogP contribution is 2.44. The Kier molecular flexibility index (Phi) is 7.33. The summed E-state index contributed by atoms with van der Waals surface area (Å²) in [6.07, 6.45) is -0.829. The smallest absolute Gasteiger partial charge is 0.493 e. The van der Waals surface area contributed by atoms with Gasteiger partial charge >= 0.3 is 6.16 Å². The first kappa shape index (κ1) is 26.0. The lowest BCUT2D eigenvalue weighted by atomic mass is 10.0. The second-order valence-electron chi connectivity index (χ2n) is 8.62. The normalized spacial score (nSPS) is 11.0. The number of amides is 1. The molecule has 2 aromatic heterocycles. The maximum Gasteiger partial charge on any atom is 0.515 e. The van der Waals surface area contributed by atoms with Gasteiger partial charge in [-0.2, -0.15) is 8.75 Å². The van der Waals surface area contributed by atoms with Crippen molar-refractivity contribution in [3.8, 4) is 28.5 Å². The highest BCUT2D eigenvalue weighted by atomic mass is 32.1. The number of rotatable bonds is 8. The van der Waals surface area contributed by atoms with Crippen LogP contribution in [0, 0.1) is 0 Å². The Balaban J connectivity index is 1.77. The van der Waals surface area contributed by atoms with Crippen LogP contribution in [0.4, 0.5) is 10.5 Å². The largest absolute Gasteiger partial charge is 0.515 e. The fourth-order valence-electron chi connectivity index (χ4n) is 4.48. The van der Waals surface area contributed by atoms with Crippen LogP contribution in [0.5, 0.6) is 17.4 Å². The number of carbonyl (C=O) groups is 2. The molecule has 0 atom stereocenters. The maximum absolute atomic E-state index is 12.7. The van der Waals surface area contributed by atoms with E-state index in [0.717, 1.165) is 44.8 Å². The van der Waals surface area contributed by atoms with Crippen LogP contribution < -0.4 is 19.5 Å². The molecule has 1 amide bonds. The minimum Gasteiger partial charge on any atom is -0.493 e. The summed E-state index contributed by atoms with van der Waals surface area (Å²) in [5, 5.41) is 3.59. The molecule has 0 aliphatic heterocycles. The van der Waals surface area contributed by atoms with E-state index in [1.54, 1.807) is 33.3 Å². The first-order valence-corrected chi connectivity index (χ1v) is 12.9. The number of carbonyl (C=O) groups excluding carboxylic acids is 2. The summed E-state index contributed by atoms with van der Waals surface area (Å²) in [5.74, 6) is 1.15. The van der Waals surface area contributed by atoms with E-state index in [4.69, 9.17) is 18.9 Å². The van der Waals surface area contributed by atoms with Crippen LogP contribution in [0.25, 0.3) is 33.1 Å². The van der Waals surface area contributed by atoms with Gasteiger partial charge in [0.15, 0.2) is 11.5 Å². The van der Waals surface area contributed by atoms with E-state index in [1.165, 1.54) is 6.92 Å². The molecule has 2 heterocycles. The molecular weight excluding hydrogens is 520 g/mol. The average Bonchev–Trinajstić information content (AvgIpc) is 3.50. The van der Waals surface area contributed by atoms with Gasteiger partial charge in [0.25, 0.3) is 0 Å². The summed E-state index contributed by atoms with van der Waals surface area (Å²) in [5.41, 5.74) is 5.27. The molecule has 200 valence electrons.